The van der Waals surface area contributed by atoms with E-state index in [4.69, 9.17) is 10.7 Å². The molecule has 0 aliphatic rings. The summed E-state index contributed by atoms with van der Waals surface area (Å²) in [5.74, 6) is 0. The molecule has 2 aromatic heterocycles. The highest BCUT2D eigenvalue weighted by molar-refractivity contribution is 5.68. The quantitative estimate of drug-likeness (QED) is 0.790. The van der Waals surface area contributed by atoms with Crippen molar-refractivity contribution >= 4 is 5.65 Å². The van der Waals surface area contributed by atoms with Crippen molar-refractivity contribution in [3.63, 3.8) is 0 Å². The molecule has 3 rings (SSSR count). The van der Waals surface area contributed by atoms with Crippen LogP contribution in [0.3, 0.4) is 0 Å². The molecule has 0 fully saturated rings. The third kappa shape index (κ3) is 2.21. The molecule has 0 aliphatic heterocycles. The van der Waals surface area contributed by atoms with E-state index in [2.05, 4.69) is 60.8 Å². The molecule has 20 heavy (non-hydrogen) atoms. The Kier molecular flexibility index (Phi) is 3.28. The number of benzene rings is 1. The van der Waals surface area contributed by atoms with Crippen LogP contribution in [0.15, 0.2) is 42.6 Å². The van der Waals surface area contributed by atoms with Crippen LogP contribution >= 0.6 is 0 Å². The predicted octanol–water partition coefficient (Wildman–Crippen LogP) is 3.12. The van der Waals surface area contributed by atoms with E-state index in [9.17, 15) is 0 Å². The highest BCUT2D eigenvalue weighted by Crippen LogP contribution is 2.26. The Labute approximate surface area is 119 Å². The molecular weight excluding hydrogens is 246 g/mol. The van der Waals surface area contributed by atoms with Gasteiger partial charge in [0.2, 0.25) is 0 Å². The molecule has 102 valence electrons. The first-order valence-corrected chi connectivity index (χ1v) is 6.94. The second kappa shape index (κ2) is 5.10. The highest BCUT2D eigenvalue weighted by Gasteiger charge is 2.13. The van der Waals surface area contributed by atoms with Crippen molar-refractivity contribution in [1.82, 2.24) is 9.38 Å². The third-order valence-electron chi connectivity index (χ3n) is 3.56. The Morgan fingerprint density at radius 1 is 1.05 bits per heavy atom. The topological polar surface area (TPSA) is 43.3 Å². The fraction of sp³-hybridized carbons (Fsp3) is 0.235. The van der Waals surface area contributed by atoms with E-state index < -0.39 is 0 Å². The molecule has 1 aromatic carbocycles. The Balaban J connectivity index is 2.25. The smallest absolute Gasteiger partial charge is 0.137 e. The molecule has 0 bridgehead atoms. The van der Waals surface area contributed by atoms with Crippen molar-refractivity contribution in [3.05, 3.63) is 59.4 Å². The van der Waals surface area contributed by atoms with Crippen LogP contribution in [0, 0.1) is 13.8 Å². The lowest BCUT2D eigenvalue weighted by Gasteiger charge is -2.06. The van der Waals surface area contributed by atoms with E-state index in [0.29, 0.717) is 6.54 Å². The minimum absolute atomic E-state index is 0.613. The molecule has 0 atom stereocenters. The number of aromatic nitrogens is 2. The van der Waals surface area contributed by atoms with Crippen LogP contribution in [0.5, 0.6) is 0 Å². The fourth-order valence-electron chi connectivity index (χ4n) is 2.52. The van der Waals surface area contributed by atoms with Crippen molar-refractivity contribution in [2.75, 3.05) is 6.54 Å². The number of rotatable bonds is 3. The van der Waals surface area contributed by atoms with E-state index in [1.54, 1.807) is 0 Å². The summed E-state index contributed by atoms with van der Waals surface area (Å²) in [5.41, 5.74) is 12.6. The third-order valence-corrected chi connectivity index (χ3v) is 3.56. The Morgan fingerprint density at radius 3 is 2.50 bits per heavy atom. The minimum atomic E-state index is 0.613. The molecule has 3 aromatic rings. The predicted molar refractivity (Wildman–Crippen MR) is 82.9 cm³/mol. The largest absolute Gasteiger partial charge is 0.330 e. The number of nitrogens with two attached hydrogens (primary N) is 1. The molecule has 0 saturated heterocycles. The molecule has 0 aliphatic carbocycles. The van der Waals surface area contributed by atoms with Crippen LogP contribution in [0.4, 0.5) is 0 Å². The number of aryl methyl sites for hydroxylation is 2. The molecule has 2 N–H and O–H groups in total. The minimum Gasteiger partial charge on any atom is -0.330 e. The fourth-order valence-corrected chi connectivity index (χ4v) is 2.52. The monoisotopic (exact) mass is 265 g/mol. The lowest BCUT2D eigenvalue weighted by atomic mass is 10.1. The number of imidazole rings is 1. The second-order valence-corrected chi connectivity index (χ2v) is 5.24. The van der Waals surface area contributed by atoms with Gasteiger partial charge in [-0.25, -0.2) is 4.98 Å². The van der Waals surface area contributed by atoms with Crippen LogP contribution in [0.1, 0.15) is 16.8 Å². The zero-order chi connectivity index (χ0) is 14.1. The lowest BCUT2D eigenvalue weighted by molar-refractivity contribution is 0.939. The van der Waals surface area contributed by atoms with E-state index in [1.165, 1.54) is 16.7 Å². The molecule has 0 spiro atoms. The van der Waals surface area contributed by atoms with Crippen LogP contribution in [-0.4, -0.2) is 15.9 Å². The van der Waals surface area contributed by atoms with E-state index in [0.717, 1.165) is 23.5 Å². The maximum absolute atomic E-state index is 5.73. The van der Waals surface area contributed by atoms with Crippen LogP contribution < -0.4 is 5.73 Å². The first-order valence-electron chi connectivity index (χ1n) is 6.94. The van der Waals surface area contributed by atoms with Gasteiger partial charge in [0.1, 0.15) is 5.65 Å². The van der Waals surface area contributed by atoms with Crippen LogP contribution in [0.2, 0.25) is 0 Å². The van der Waals surface area contributed by atoms with E-state index >= 15 is 0 Å². The maximum Gasteiger partial charge on any atom is 0.137 e. The zero-order valence-electron chi connectivity index (χ0n) is 11.9. The zero-order valence-corrected chi connectivity index (χ0v) is 11.9. The van der Waals surface area contributed by atoms with Crippen molar-refractivity contribution in [1.29, 1.82) is 0 Å². The van der Waals surface area contributed by atoms with Gasteiger partial charge in [-0.1, -0.05) is 29.8 Å². The van der Waals surface area contributed by atoms with Crippen molar-refractivity contribution in [2.24, 2.45) is 5.73 Å². The molecule has 0 saturated carbocycles. The average molecular weight is 265 g/mol. The molecular formula is C17H19N3. The second-order valence-electron chi connectivity index (χ2n) is 5.24. The molecule has 0 amide bonds. The molecule has 0 radical (unpaired) electrons. The van der Waals surface area contributed by atoms with E-state index in [1.807, 2.05) is 0 Å². The number of pyridine rings is 1. The van der Waals surface area contributed by atoms with Crippen molar-refractivity contribution in [2.45, 2.75) is 20.3 Å². The average Bonchev–Trinajstić information content (AvgIpc) is 2.77. The highest BCUT2D eigenvalue weighted by atomic mass is 15.0. The Morgan fingerprint density at radius 2 is 1.80 bits per heavy atom. The summed E-state index contributed by atoms with van der Waals surface area (Å²) in [5, 5.41) is 0. The molecule has 3 nitrogen and oxygen atoms in total. The molecule has 3 heteroatoms. The van der Waals surface area contributed by atoms with Gasteiger partial charge in [0.25, 0.3) is 0 Å². The summed E-state index contributed by atoms with van der Waals surface area (Å²) < 4.78 is 2.16. The van der Waals surface area contributed by atoms with Gasteiger partial charge < -0.3 is 5.73 Å². The summed E-state index contributed by atoms with van der Waals surface area (Å²) >= 11 is 0. The van der Waals surface area contributed by atoms with Gasteiger partial charge in [-0.2, -0.15) is 0 Å². The maximum atomic E-state index is 5.73. The normalized spacial score (nSPS) is 11.2. The van der Waals surface area contributed by atoms with Gasteiger partial charge in [-0.3, -0.25) is 4.40 Å². The number of fused-ring (bicyclic) bond motifs is 1. The van der Waals surface area contributed by atoms with Crippen molar-refractivity contribution < 1.29 is 0 Å². The van der Waals surface area contributed by atoms with Gasteiger partial charge in [0.15, 0.2) is 0 Å². The molecule has 0 unspecified atom stereocenters. The Bertz CT molecular complexity index is 739. The number of hydrogen-bond acceptors (Lipinski definition) is 2. The van der Waals surface area contributed by atoms with Crippen LogP contribution in [-0.2, 0) is 6.42 Å². The Hall–Kier alpha value is -2.13. The van der Waals surface area contributed by atoms with E-state index in [-0.39, 0.29) is 0 Å². The summed E-state index contributed by atoms with van der Waals surface area (Å²) in [6.45, 7) is 4.80. The standard InChI is InChI=1S/C17H19N3/c1-12-3-5-14(6-4-12)17-15(7-9-18)19-16-11-13(2)8-10-20(16)17/h3-6,8,10-11H,7,9,18H2,1-2H3. The summed E-state index contributed by atoms with van der Waals surface area (Å²) in [4.78, 5) is 4.75. The van der Waals surface area contributed by atoms with Gasteiger partial charge in [0.05, 0.1) is 11.4 Å². The summed E-state index contributed by atoms with van der Waals surface area (Å²) in [6.07, 6.45) is 2.89. The van der Waals surface area contributed by atoms with Gasteiger partial charge in [0, 0.05) is 18.2 Å². The SMILES string of the molecule is Cc1ccc(-c2c(CCN)nc3cc(C)ccn23)cc1. The first-order chi connectivity index (χ1) is 9.69. The van der Waals surface area contributed by atoms with Gasteiger partial charge >= 0.3 is 0 Å². The van der Waals surface area contributed by atoms with Crippen LogP contribution in [0.25, 0.3) is 16.9 Å². The van der Waals surface area contributed by atoms with Crippen molar-refractivity contribution in [3.8, 4) is 11.3 Å². The number of nitrogens with zero attached hydrogens (tertiary/aromatic N) is 2. The first kappa shape index (κ1) is 12.9. The van der Waals surface area contributed by atoms with Gasteiger partial charge in [-0.15, -0.1) is 0 Å². The molecule has 2 heterocycles. The number of hydrogen-bond donors (Lipinski definition) is 1. The summed E-state index contributed by atoms with van der Waals surface area (Å²) in [7, 11) is 0. The lowest BCUT2D eigenvalue weighted by Crippen LogP contribution is -2.04. The summed E-state index contributed by atoms with van der Waals surface area (Å²) in [6, 6.07) is 12.8. The van der Waals surface area contributed by atoms with Gasteiger partial charge in [-0.05, 0) is 38.1 Å².